The van der Waals surface area contributed by atoms with E-state index < -0.39 is 0 Å². The van der Waals surface area contributed by atoms with Crippen molar-refractivity contribution >= 4 is 44.6 Å². The number of aromatic nitrogens is 1. The monoisotopic (exact) mass is 417 g/mol. The van der Waals surface area contributed by atoms with Gasteiger partial charge in [-0.3, -0.25) is 0 Å². The number of thiazole rings is 1. The molecule has 0 radical (unpaired) electrons. The summed E-state index contributed by atoms with van der Waals surface area (Å²) in [6, 6.07) is 26.3. The third-order valence-corrected chi connectivity index (χ3v) is 6.30. The molecule has 0 aliphatic heterocycles. The summed E-state index contributed by atoms with van der Waals surface area (Å²) in [4.78, 5) is 4.64. The SMILES string of the molecule is N#C/C(=C(/Nc1ccc(F)cc1)SCc1ccccc1)c1nc2ccccc2s1. The number of rotatable bonds is 6. The molecule has 29 heavy (non-hydrogen) atoms. The normalized spacial score (nSPS) is 11.7. The second-order valence-electron chi connectivity index (χ2n) is 6.21. The predicted molar refractivity (Wildman–Crippen MR) is 120 cm³/mol. The molecule has 3 nitrogen and oxygen atoms in total. The topological polar surface area (TPSA) is 48.7 Å². The first-order valence-corrected chi connectivity index (χ1v) is 10.7. The molecule has 6 heteroatoms. The molecule has 4 aromatic rings. The van der Waals surface area contributed by atoms with Gasteiger partial charge >= 0.3 is 0 Å². The Bertz CT molecular complexity index is 1160. The van der Waals surface area contributed by atoms with Crippen molar-refractivity contribution in [3.05, 3.63) is 100 Å². The van der Waals surface area contributed by atoms with Gasteiger partial charge in [0.2, 0.25) is 0 Å². The van der Waals surface area contributed by atoms with E-state index in [4.69, 9.17) is 0 Å². The molecule has 0 aliphatic rings. The molecule has 3 aromatic carbocycles. The van der Waals surface area contributed by atoms with E-state index in [-0.39, 0.29) is 5.82 Å². The zero-order chi connectivity index (χ0) is 20.1. The van der Waals surface area contributed by atoms with Gasteiger partial charge in [-0.15, -0.1) is 23.1 Å². The Kier molecular flexibility index (Phi) is 5.89. The van der Waals surface area contributed by atoms with Crippen molar-refractivity contribution in [1.82, 2.24) is 4.98 Å². The average molecular weight is 418 g/mol. The molecule has 0 saturated carbocycles. The van der Waals surface area contributed by atoms with Crippen LogP contribution in [0.25, 0.3) is 15.8 Å². The minimum absolute atomic E-state index is 0.301. The van der Waals surface area contributed by atoms with E-state index in [1.807, 2.05) is 54.6 Å². The van der Waals surface area contributed by atoms with Gasteiger partial charge in [0.15, 0.2) is 0 Å². The molecule has 0 unspecified atom stereocenters. The molecule has 142 valence electrons. The number of nitriles is 1. The van der Waals surface area contributed by atoms with E-state index in [0.717, 1.165) is 21.5 Å². The molecule has 0 bridgehead atoms. The quantitative estimate of drug-likeness (QED) is 0.356. The Morgan fingerprint density at radius 1 is 1.00 bits per heavy atom. The van der Waals surface area contributed by atoms with Crippen molar-refractivity contribution in [3.8, 4) is 6.07 Å². The van der Waals surface area contributed by atoms with Crippen LogP contribution in [-0.4, -0.2) is 4.98 Å². The molecule has 1 aromatic heterocycles. The number of allylic oxidation sites excluding steroid dienone is 1. The minimum Gasteiger partial charge on any atom is -0.349 e. The van der Waals surface area contributed by atoms with E-state index in [1.54, 1.807) is 12.1 Å². The van der Waals surface area contributed by atoms with Crippen LogP contribution in [0.3, 0.4) is 0 Å². The predicted octanol–water partition coefficient (Wildman–Crippen LogP) is 6.67. The van der Waals surface area contributed by atoms with E-state index in [1.165, 1.54) is 35.2 Å². The Morgan fingerprint density at radius 2 is 1.72 bits per heavy atom. The van der Waals surface area contributed by atoms with Gasteiger partial charge < -0.3 is 5.32 Å². The first kappa shape index (κ1) is 19.2. The van der Waals surface area contributed by atoms with Gasteiger partial charge in [-0.25, -0.2) is 9.37 Å². The lowest BCUT2D eigenvalue weighted by Gasteiger charge is -2.12. The smallest absolute Gasteiger partial charge is 0.137 e. The maximum Gasteiger partial charge on any atom is 0.137 e. The number of anilines is 1. The second kappa shape index (κ2) is 8.91. The third-order valence-electron chi connectivity index (χ3n) is 4.17. The number of thioether (sulfide) groups is 1. The zero-order valence-corrected chi connectivity index (χ0v) is 16.9. The lowest BCUT2D eigenvalue weighted by molar-refractivity contribution is 0.628. The van der Waals surface area contributed by atoms with Gasteiger partial charge in [-0.1, -0.05) is 42.5 Å². The number of hydrogen-bond acceptors (Lipinski definition) is 5. The van der Waals surface area contributed by atoms with Gasteiger partial charge in [0.1, 0.15) is 22.5 Å². The van der Waals surface area contributed by atoms with E-state index in [0.29, 0.717) is 21.4 Å². The van der Waals surface area contributed by atoms with Crippen LogP contribution in [-0.2, 0) is 5.75 Å². The lowest BCUT2D eigenvalue weighted by atomic mass is 10.2. The Hall–Kier alpha value is -3.14. The van der Waals surface area contributed by atoms with Crippen LogP contribution in [0.1, 0.15) is 10.6 Å². The highest BCUT2D eigenvalue weighted by molar-refractivity contribution is 8.02. The maximum atomic E-state index is 13.3. The molecule has 1 N–H and O–H groups in total. The first-order chi connectivity index (χ1) is 14.2. The maximum absolute atomic E-state index is 13.3. The van der Waals surface area contributed by atoms with Crippen molar-refractivity contribution in [2.45, 2.75) is 5.75 Å². The highest BCUT2D eigenvalue weighted by Gasteiger charge is 2.15. The minimum atomic E-state index is -0.301. The summed E-state index contributed by atoms with van der Waals surface area (Å²) >= 11 is 3.02. The second-order valence-corrected chi connectivity index (χ2v) is 8.23. The van der Waals surface area contributed by atoms with Crippen molar-refractivity contribution in [2.24, 2.45) is 0 Å². The summed E-state index contributed by atoms with van der Waals surface area (Å²) < 4.78 is 14.3. The fourth-order valence-corrected chi connectivity index (χ4v) is 4.75. The standard InChI is InChI=1S/C23H16FN3S2/c24-17-10-12-18(13-11-17)26-22(28-15-16-6-2-1-3-7-16)19(14-25)23-27-20-8-4-5-9-21(20)29-23/h1-13,26H,15H2/b22-19+. The summed E-state index contributed by atoms with van der Waals surface area (Å²) in [5, 5.41) is 14.6. The number of fused-ring (bicyclic) bond motifs is 1. The van der Waals surface area contributed by atoms with Gasteiger partial charge in [0, 0.05) is 11.4 Å². The summed E-state index contributed by atoms with van der Waals surface area (Å²) in [5.41, 5.74) is 3.22. The van der Waals surface area contributed by atoms with Gasteiger partial charge in [-0.05, 0) is 42.0 Å². The highest BCUT2D eigenvalue weighted by atomic mass is 32.2. The summed E-state index contributed by atoms with van der Waals surface area (Å²) in [6.45, 7) is 0. The van der Waals surface area contributed by atoms with Crippen molar-refractivity contribution in [3.63, 3.8) is 0 Å². The molecule has 0 amide bonds. The summed E-state index contributed by atoms with van der Waals surface area (Å²) in [7, 11) is 0. The van der Waals surface area contributed by atoms with Crippen molar-refractivity contribution < 1.29 is 4.39 Å². The molecule has 4 rings (SSSR count). The molecule has 0 fully saturated rings. The number of benzene rings is 3. The third kappa shape index (κ3) is 4.65. The Labute approximate surface area is 176 Å². The lowest BCUT2D eigenvalue weighted by Crippen LogP contribution is -2.01. The largest absolute Gasteiger partial charge is 0.349 e. The fraction of sp³-hybridized carbons (Fsp3) is 0.0435. The van der Waals surface area contributed by atoms with E-state index in [2.05, 4.69) is 16.4 Å². The van der Waals surface area contributed by atoms with Crippen LogP contribution in [0.4, 0.5) is 10.1 Å². The van der Waals surface area contributed by atoms with E-state index in [9.17, 15) is 9.65 Å². The van der Waals surface area contributed by atoms with Crippen LogP contribution in [0.2, 0.25) is 0 Å². The molecular formula is C23H16FN3S2. The summed E-state index contributed by atoms with van der Waals surface area (Å²) in [5.74, 6) is 0.394. The molecular weight excluding hydrogens is 401 g/mol. The van der Waals surface area contributed by atoms with E-state index >= 15 is 0 Å². The van der Waals surface area contributed by atoms with Crippen LogP contribution in [0, 0.1) is 17.1 Å². The van der Waals surface area contributed by atoms with Gasteiger partial charge in [0.25, 0.3) is 0 Å². The fourth-order valence-electron chi connectivity index (χ4n) is 2.74. The number of nitrogens with zero attached hydrogens (tertiary/aromatic N) is 2. The number of hydrogen-bond donors (Lipinski definition) is 1. The summed E-state index contributed by atoms with van der Waals surface area (Å²) in [6.07, 6.45) is 0. The zero-order valence-electron chi connectivity index (χ0n) is 15.3. The molecule has 0 saturated heterocycles. The average Bonchev–Trinajstić information content (AvgIpc) is 3.18. The van der Waals surface area contributed by atoms with Crippen molar-refractivity contribution in [2.75, 3.05) is 5.32 Å². The van der Waals surface area contributed by atoms with Crippen LogP contribution in [0.15, 0.2) is 83.9 Å². The molecule has 0 atom stereocenters. The molecule has 0 aliphatic carbocycles. The number of para-hydroxylation sites is 1. The van der Waals surface area contributed by atoms with Gasteiger partial charge in [-0.2, -0.15) is 5.26 Å². The highest BCUT2D eigenvalue weighted by Crippen LogP contribution is 2.34. The Balaban J connectivity index is 1.72. The Morgan fingerprint density at radius 3 is 2.45 bits per heavy atom. The van der Waals surface area contributed by atoms with Crippen LogP contribution < -0.4 is 5.32 Å². The van der Waals surface area contributed by atoms with Crippen molar-refractivity contribution in [1.29, 1.82) is 5.26 Å². The van der Waals surface area contributed by atoms with Crippen LogP contribution >= 0.6 is 23.1 Å². The molecule has 0 spiro atoms. The molecule has 1 heterocycles. The van der Waals surface area contributed by atoms with Gasteiger partial charge in [0.05, 0.1) is 15.2 Å². The number of halogens is 1. The first-order valence-electron chi connectivity index (χ1n) is 8.92. The number of nitrogens with one attached hydrogen (secondary N) is 1. The van der Waals surface area contributed by atoms with Crippen LogP contribution in [0.5, 0.6) is 0 Å².